The second-order valence-corrected chi connectivity index (χ2v) is 11.1. The Morgan fingerprint density at radius 1 is 0.559 bits per heavy atom. The van der Waals surface area contributed by atoms with Gasteiger partial charge in [0.15, 0.2) is 5.60 Å². The van der Waals surface area contributed by atoms with Crippen LogP contribution in [0.5, 0.6) is 0 Å². The number of carbonyl (C=O) groups is 3. The van der Waals surface area contributed by atoms with Gasteiger partial charge in [-0.15, -0.1) is 0 Å². The van der Waals surface area contributed by atoms with Crippen LogP contribution in [0.2, 0.25) is 0 Å². The third-order valence-electron chi connectivity index (χ3n) is 5.68. The lowest BCUT2D eigenvalue weighted by atomic mass is 9.95. The highest BCUT2D eigenvalue weighted by Gasteiger charge is 2.44. The molecule has 0 saturated carbocycles. The SMILES string of the molecule is CC(C)CCC(C)OC(=O)CC(O)(CC(=O)OC(C)CCC(C)C)C(=O)OC(C)CCC(C)C. The van der Waals surface area contributed by atoms with Gasteiger partial charge in [0.05, 0.1) is 31.2 Å². The highest BCUT2D eigenvalue weighted by Crippen LogP contribution is 2.23. The molecule has 0 spiro atoms. The minimum atomic E-state index is -2.34. The smallest absolute Gasteiger partial charge is 0.339 e. The lowest BCUT2D eigenvalue weighted by Crippen LogP contribution is -2.46. The number of rotatable bonds is 17. The molecule has 0 rings (SSSR count). The molecule has 1 N–H and O–H groups in total. The molecular formula is C27H50O7. The van der Waals surface area contributed by atoms with E-state index in [2.05, 4.69) is 41.5 Å². The molecule has 0 heterocycles. The van der Waals surface area contributed by atoms with Crippen molar-refractivity contribution in [2.24, 2.45) is 17.8 Å². The van der Waals surface area contributed by atoms with Gasteiger partial charge in [0.25, 0.3) is 0 Å². The van der Waals surface area contributed by atoms with Crippen molar-refractivity contribution in [3.8, 4) is 0 Å². The van der Waals surface area contributed by atoms with Crippen molar-refractivity contribution in [2.45, 2.75) is 138 Å². The highest BCUT2D eigenvalue weighted by atomic mass is 16.6. The fourth-order valence-electron chi connectivity index (χ4n) is 3.39. The molecule has 34 heavy (non-hydrogen) atoms. The van der Waals surface area contributed by atoms with Crippen LogP contribution in [0.3, 0.4) is 0 Å². The van der Waals surface area contributed by atoms with Crippen LogP contribution in [0.4, 0.5) is 0 Å². The van der Waals surface area contributed by atoms with E-state index in [1.807, 2.05) is 0 Å². The molecule has 0 amide bonds. The summed E-state index contributed by atoms with van der Waals surface area (Å²) in [4.78, 5) is 38.0. The van der Waals surface area contributed by atoms with Crippen molar-refractivity contribution in [1.29, 1.82) is 0 Å². The van der Waals surface area contributed by atoms with Gasteiger partial charge in [0.1, 0.15) is 0 Å². The summed E-state index contributed by atoms with van der Waals surface area (Å²) < 4.78 is 16.2. The Morgan fingerprint density at radius 3 is 1.15 bits per heavy atom. The van der Waals surface area contributed by atoms with Crippen molar-refractivity contribution < 1.29 is 33.7 Å². The predicted molar refractivity (Wildman–Crippen MR) is 133 cm³/mol. The monoisotopic (exact) mass is 486 g/mol. The number of ether oxygens (including phenoxy) is 3. The summed E-state index contributed by atoms with van der Waals surface area (Å²) in [5, 5.41) is 11.1. The standard InChI is InChI=1S/C27H50O7/c1-18(2)10-13-21(7)32-24(28)16-27(31,26(30)34-23(9)15-12-20(5)6)17-25(29)33-22(8)14-11-19(3)4/h18-23,31H,10-17H2,1-9H3. The quantitative estimate of drug-likeness (QED) is 0.211. The summed E-state index contributed by atoms with van der Waals surface area (Å²) in [5.41, 5.74) is -2.34. The molecular weight excluding hydrogens is 436 g/mol. The molecule has 0 fully saturated rings. The highest BCUT2D eigenvalue weighted by molar-refractivity contribution is 5.90. The fraction of sp³-hybridized carbons (Fsp3) is 0.889. The van der Waals surface area contributed by atoms with Gasteiger partial charge in [-0.05, 0) is 77.0 Å². The minimum Gasteiger partial charge on any atom is -0.463 e. The average molecular weight is 487 g/mol. The third kappa shape index (κ3) is 15.3. The van der Waals surface area contributed by atoms with E-state index in [-0.39, 0.29) is 12.2 Å². The lowest BCUT2D eigenvalue weighted by molar-refractivity contribution is -0.183. The van der Waals surface area contributed by atoms with Gasteiger partial charge in [-0.1, -0.05) is 41.5 Å². The maximum absolute atomic E-state index is 12.9. The minimum absolute atomic E-state index is 0.358. The van der Waals surface area contributed by atoms with Crippen LogP contribution >= 0.6 is 0 Å². The topological polar surface area (TPSA) is 99.1 Å². The first-order valence-corrected chi connectivity index (χ1v) is 13.0. The second-order valence-electron chi connectivity index (χ2n) is 11.1. The van der Waals surface area contributed by atoms with Gasteiger partial charge >= 0.3 is 17.9 Å². The second kappa shape index (κ2) is 16.1. The Hall–Kier alpha value is -1.63. The normalized spacial score (nSPS) is 16.1. The van der Waals surface area contributed by atoms with Crippen molar-refractivity contribution in [2.75, 3.05) is 0 Å². The van der Waals surface area contributed by atoms with Crippen LogP contribution < -0.4 is 0 Å². The summed E-state index contributed by atoms with van der Waals surface area (Å²) in [7, 11) is 0. The molecule has 0 bridgehead atoms. The maximum Gasteiger partial charge on any atom is 0.339 e. The van der Waals surface area contributed by atoms with Crippen molar-refractivity contribution in [3.63, 3.8) is 0 Å². The molecule has 3 atom stereocenters. The first kappa shape index (κ1) is 32.4. The van der Waals surface area contributed by atoms with Gasteiger partial charge in [-0.2, -0.15) is 0 Å². The number of hydrogen-bond acceptors (Lipinski definition) is 7. The van der Waals surface area contributed by atoms with Crippen LogP contribution in [0.25, 0.3) is 0 Å². The van der Waals surface area contributed by atoms with Crippen molar-refractivity contribution >= 4 is 17.9 Å². The Kier molecular flexibility index (Phi) is 15.3. The maximum atomic E-state index is 12.9. The number of esters is 3. The van der Waals surface area contributed by atoms with Crippen LogP contribution in [-0.4, -0.2) is 46.9 Å². The van der Waals surface area contributed by atoms with E-state index in [9.17, 15) is 19.5 Å². The van der Waals surface area contributed by atoms with E-state index in [0.717, 1.165) is 19.3 Å². The van der Waals surface area contributed by atoms with Crippen LogP contribution in [0.1, 0.15) is 114 Å². The zero-order valence-corrected chi connectivity index (χ0v) is 23.0. The molecule has 0 saturated heterocycles. The molecule has 7 heteroatoms. The summed E-state index contributed by atoms with van der Waals surface area (Å²) in [6, 6.07) is 0. The number of carbonyl (C=O) groups excluding carboxylic acids is 3. The van der Waals surface area contributed by atoms with E-state index in [4.69, 9.17) is 14.2 Å². The van der Waals surface area contributed by atoms with Gasteiger partial charge in [0, 0.05) is 0 Å². The van der Waals surface area contributed by atoms with Crippen LogP contribution in [0.15, 0.2) is 0 Å². The largest absolute Gasteiger partial charge is 0.463 e. The zero-order valence-electron chi connectivity index (χ0n) is 23.0. The number of aliphatic hydroxyl groups is 1. The van der Waals surface area contributed by atoms with Gasteiger partial charge in [-0.3, -0.25) is 9.59 Å². The van der Waals surface area contributed by atoms with Gasteiger partial charge in [0.2, 0.25) is 0 Å². The van der Waals surface area contributed by atoms with E-state index < -0.39 is 42.5 Å². The molecule has 0 aromatic rings. The van der Waals surface area contributed by atoms with E-state index >= 15 is 0 Å². The Labute approximate surface area is 207 Å². The molecule has 0 aromatic carbocycles. The predicted octanol–water partition coefficient (Wildman–Crippen LogP) is 5.60. The lowest BCUT2D eigenvalue weighted by Gasteiger charge is -2.27. The van der Waals surface area contributed by atoms with Crippen LogP contribution in [-0.2, 0) is 28.6 Å². The van der Waals surface area contributed by atoms with Crippen LogP contribution in [0, 0.1) is 17.8 Å². The van der Waals surface area contributed by atoms with Gasteiger partial charge < -0.3 is 19.3 Å². The first-order valence-electron chi connectivity index (χ1n) is 13.0. The van der Waals surface area contributed by atoms with Gasteiger partial charge in [-0.25, -0.2) is 4.79 Å². The van der Waals surface area contributed by atoms with E-state index in [0.29, 0.717) is 37.0 Å². The Balaban J connectivity index is 5.27. The third-order valence-corrected chi connectivity index (χ3v) is 5.68. The molecule has 0 aliphatic heterocycles. The van der Waals surface area contributed by atoms with Crippen molar-refractivity contribution in [1.82, 2.24) is 0 Å². The summed E-state index contributed by atoms with van der Waals surface area (Å²) in [6.45, 7) is 17.7. The molecule has 3 unspecified atom stereocenters. The molecule has 0 radical (unpaired) electrons. The van der Waals surface area contributed by atoms with E-state index in [1.165, 1.54) is 0 Å². The van der Waals surface area contributed by atoms with Crippen molar-refractivity contribution in [3.05, 3.63) is 0 Å². The van der Waals surface area contributed by atoms with E-state index in [1.54, 1.807) is 20.8 Å². The zero-order chi connectivity index (χ0) is 26.5. The number of hydrogen-bond donors (Lipinski definition) is 1. The average Bonchev–Trinajstić information content (AvgIpc) is 2.68. The summed E-state index contributed by atoms with van der Waals surface area (Å²) in [5.74, 6) is -1.12. The molecule has 7 nitrogen and oxygen atoms in total. The molecule has 0 aliphatic carbocycles. The summed E-state index contributed by atoms with van der Waals surface area (Å²) in [6.07, 6.45) is 2.08. The molecule has 0 aromatic heterocycles. The summed E-state index contributed by atoms with van der Waals surface area (Å²) >= 11 is 0. The first-order chi connectivity index (χ1) is 15.6. The Morgan fingerprint density at radius 2 is 0.853 bits per heavy atom. The Bertz CT molecular complexity index is 578. The fourth-order valence-corrected chi connectivity index (χ4v) is 3.39. The molecule has 0 aliphatic rings. The molecule has 200 valence electrons.